The first-order valence-electron chi connectivity index (χ1n) is 14.7. The second-order valence-corrected chi connectivity index (χ2v) is 12.7. The van der Waals surface area contributed by atoms with Crippen LogP contribution in [-0.4, -0.2) is 50.2 Å². The van der Waals surface area contributed by atoms with Crippen molar-refractivity contribution in [3.05, 3.63) is 89.7 Å². The summed E-state index contributed by atoms with van der Waals surface area (Å²) in [5.74, 6) is 1.79. The van der Waals surface area contributed by atoms with Crippen LogP contribution in [0.2, 0.25) is 0 Å². The fourth-order valence-electron chi connectivity index (χ4n) is 5.02. The third kappa shape index (κ3) is 8.43. The summed E-state index contributed by atoms with van der Waals surface area (Å²) in [6, 6.07) is 20.1. The normalized spacial score (nSPS) is 15.4. The van der Waals surface area contributed by atoms with Gasteiger partial charge in [-0.15, -0.1) is 18.3 Å². The highest BCUT2D eigenvalue weighted by Gasteiger charge is 2.31. The number of aryl methyl sites for hydroxylation is 1. The zero-order chi connectivity index (χ0) is 32.1. The first kappa shape index (κ1) is 32.5. The second-order valence-electron chi connectivity index (χ2n) is 11.2. The molecule has 1 fully saturated rings. The van der Waals surface area contributed by atoms with Crippen molar-refractivity contribution in [2.45, 2.75) is 52.3 Å². The minimum absolute atomic E-state index is 0.166. The summed E-state index contributed by atoms with van der Waals surface area (Å²) in [4.78, 5) is 11.5. The smallest absolute Gasteiger partial charge is 0.406 e. The molecule has 2 heterocycles. The van der Waals surface area contributed by atoms with Gasteiger partial charge in [-0.3, -0.25) is 0 Å². The Hall–Kier alpha value is -3.90. The van der Waals surface area contributed by atoms with Crippen LogP contribution in [0.15, 0.2) is 78.0 Å². The van der Waals surface area contributed by atoms with E-state index in [4.69, 9.17) is 17.2 Å². The molecule has 12 heteroatoms. The van der Waals surface area contributed by atoms with Gasteiger partial charge in [0.2, 0.25) is 0 Å². The molecule has 5 rings (SSSR count). The van der Waals surface area contributed by atoms with Crippen molar-refractivity contribution >= 4 is 39.9 Å². The van der Waals surface area contributed by atoms with E-state index in [1.807, 2.05) is 24.3 Å². The molecular weight excluding hydrogens is 618 g/mol. The van der Waals surface area contributed by atoms with E-state index in [9.17, 15) is 13.2 Å². The van der Waals surface area contributed by atoms with Crippen molar-refractivity contribution in [1.29, 1.82) is 0 Å². The number of anilines is 1. The molecule has 1 aliphatic rings. The number of alkyl halides is 3. The Morgan fingerprint density at radius 2 is 1.80 bits per heavy atom. The number of hydrogen-bond acceptors (Lipinski definition) is 5. The average molecular weight is 653 g/mol. The molecule has 0 aliphatic carbocycles. The Morgan fingerprint density at radius 3 is 2.49 bits per heavy atom. The lowest BCUT2D eigenvalue weighted by molar-refractivity contribution is -0.274. The van der Waals surface area contributed by atoms with Crippen LogP contribution in [0.4, 0.5) is 18.9 Å². The first-order chi connectivity index (χ1) is 21.5. The predicted octanol–water partition coefficient (Wildman–Crippen LogP) is 8.24. The number of benzene rings is 3. The lowest BCUT2D eigenvalue weighted by atomic mass is 9.98. The number of nitrogens with zero attached hydrogens (tertiary/aromatic N) is 5. The van der Waals surface area contributed by atoms with Gasteiger partial charge in [0, 0.05) is 30.1 Å². The maximum absolute atomic E-state index is 12.4. The summed E-state index contributed by atoms with van der Waals surface area (Å²) < 4.78 is 42.8. The standard InChI is InChI=1S/C33H35F3N6OS2/c1-21(2)28-15-6-22(3)18-29(28)41-16-5-17-45-32(41)39-31(44)37-19-23(4)24-7-9-25(10-8-24)30-38-20-42(40-30)26-11-13-27(14-12-26)43-33(34,35)36/h6-15,18,20-21,23H,5,16-17,19H2,1-4H3,(H,37,44). The van der Waals surface area contributed by atoms with Crippen molar-refractivity contribution < 1.29 is 17.9 Å². The van der Waals surface area contributed by atoms with Crippen LogP contribution < -0.4 is 15.0 Å². The number of thiocarbonyl (C=S) groups is 1. The van der Waals surface area contributed by atoms with E-state index in [1.165, 1.54) is 52.1 Å². The number of thioether (sulfide) groups is 1. The molecule has 0 bridgehead atoms. The van der Waals surface area contributed by atoms with E-state index in [2.05, 4.69) is 70.9 Å². The number of hydrogen-bond donors (Lipinski definition) is 1. The van der Waals surface area contributed by atoms with E-state index in [1.54, 1.807) is 11.8 Å². The van der Waals surface area contributed by atoms with Crippen LogP contribution in [0.5, 0.6) is 5.75 Å². The third-order valence-corrected chi connectivity index (χ3v) is 8.71. The Labute approximate surface area is 270 Å². The number of aliphatic imine (C=N–C) groups is 1. The largest absolute Gasteiger partial charge is 0.573 e. The number of halogens is 3. The van der Waals surface area contributed by atoms with Gasteiger partial charge in [0.15, 0.2) is 16.1 Å². The van der Waals surface area contributed by atoms with Crippen molar-refractivity contribution in [3.8, 4) is 22.8 Å². The predicted molar refractivity (Wildman–Crippen MR) is 180 cm³/mol. The molecule has 0 saturated carbocycles. The zero-order valence-electron chi connectivity index (χ0n) is 25.5. The maximum atomic E-state index is 12.4. The summed E-state index contributed by atoms with van der Waals surface area (Å²) in [6.07, 6.45) is -2.13. The first-order valence-corrected chi connectivity index (χ1v) is 16.1. The molecule has 3 aromatic carbocycles. The highest BCUT2D eigenvalue weighted by molar-refractivity contribution is 8.14. The van der Waals surface area contributed by atoms with Gasteiger partial charge in [0.05, 0.1) is 5.69 Å². The number of aromatic nitrogens is 3. The van der Waals surface area contributed by atoms with Gasteiger partial charge in [-0.2, -0.15) is 4.99 Å². The van der Waals surface area contributed by atoms with E-state index < -0.39 is 6.36 Å². The molecule has 0 amide bonds. The second kappa shape index (κ2) is 14.0. The van der Waals surface area contributed by atoms with Gasteiger partial charge in [-0.25, -0.2) is 9.67 Å². The van der Waals surface area contributed by atoms with Gasteiger partial charge >= 0.3 is 6.36 Å². The van der Waals surface area contributed by atoms with Crippen LogP contribution in [0, 0.1) is 6.92 Å². The molecule has 4 aromatic rings. The SMILES string of the molecule is Cc1ccc(C(C)C)c(N2CCCSC2=NC(=S)NCC(C)c2ccc(-c3ncn(-c4ccc(OC(F)(F)F)cc4)n3)cc2)c1. The molecule has 1 unspecified atom stereocenters. The zero-order valence-corrected chi connectivity index (χ0v) is 27.1. The van der Waals surface area contributed by atoms with Crippen LogP contribution in [0.1, 0.15) is 55.7 Å². The van der Waals surface area contributed by atoms with Gasteiger partial charge in [0.25, 0.3) is 0 Å². The summed E-state index contributed by atoms with van der Waals surface area (Å²) in [5, 5.41) is 9.23. The van der Waals surface area contributed by atoms with E-state index in [-0.39, 0.29) is 11.7 Å². The van der Waals surface area contributed by atoms with Crippen molar-refractivity contribution in [3.63, 3.8) is 0 Å². The maximum Gasteiger partial charge on any atom is 0.573 e. The third-order valence-electron chi connectivity index (χ3n) is 7.41. The van der Waals surface area contributed by atoms with Crippen molar-refractivity contribution in [2.24, 2.45) is 4.99 Å². The Kier molecular flexibility index (Phi) is 10.1. The molecule has 1 aliphatic heterocycles. The van der Waals surface area contributed by atoms with E-state index in [0.717, 1.165) is 35.0 Å². The van der Waals surface area contributed by atoms with Crippen molar-refractivity contribution in [1.82, 2.24) is 20.1 Å². The molecule has 1 atom stereocenters. The minimum atomic E-state index is -4.74. The molecule has 1 saturated heterocycles. The molecule has 1 N–H and O–H groups in total. The van der Waals surface area contributed by atoms with Crippen LogP contribution in [0.3, 0.4) is 0 Å². The van der Waals surface area contributed by atoms with Crippen LogP contribution in [0.25, 0.3) is 17.1 Å². The fourth-order valence-corrected chi connectivity index (χ4v) is 6.20. The summed E-state index contributed by atoms with van der Waals surface area (Å²) in [6.45, 7) is 10.2. The van der Waals surface area contributed by atoms with E-state index >= 15 is 0 Å². The molecule has 0 radical (unpaired) electrons. The fraction of sp³-hybridized carbons (Fsp3) is 0.333. The van der Waals surface area contributed by atoms with E-state index in [0.29, 0.717) is 29.1 Å². The minimum Gasteiger partial charge on any atom is -0.406 e. The Morgan fingerprint density at radius 1 is 1.07 bits per heavy atom. The molecular formula is C33H35F3N6OS2. The topological polar surface area (TPSA) is 67.6 Å². The molecule has 1 aromatic heterocycles. The number of ether oxygens (including phenoxy) is 1. The van der Waals surface area contributed by atoms with Gasteiger partial charge in [-0.1, -0.05) is 68.9 Å². The molecule has 7 nitrogen and oxygen atoms in total. The quantitative estimate of drug-likeness (QED) is 0.192. The lowest BCUT2D eigenvalue weighted by Gasteiger charge is -2.32. The highest BCUT2D eigenvalue weighted by atomic mass is 32.2. The van der Waals surface area contributed by atoms with Crippen LogP contribution >= 0.6 is 24.0 Å². The number of rotatable bonds is 8. The molecule has 45 heavy (non-hydrogen) atoms. The van der Waals surface area contributed by atoms with Crippen LogP contribution in [-0.2, 0) is 0 Å². The summed E-state index contributed by atoms with van der Waals surface area (Å²) in [5.41, 5.74) is 6.25. The lowest BCUT2D eigenvalue weighted by Crippen LogP contribution is -2.36. The number of amidine groups is 1. The monoisotopic (exact) mass is 652 g/mol. The van der Waals surface area contributed by atoms with Crippen molar-refractivity contribution in [2.75, 3.05) is 23.7 Å². The summed E-state index contributed by atoms with van der Waals surface area (Å²) in [7, 11) is 0. The van der Waals surface area contributed by atoms with Gasteiger partial charge in [-0.05, 0) is 84.4 Å². The highest BCUT2D eigenvalue weighted by Crippen LogP contribution is 2.33. The Balaban J connectivity index is 1.20. The Bertz CT molecular complexity index is 1650. The van der Waals surface area contributed by atoms with Gasteiger partial charge in [0.1, 0.15) is 12.1 Å². The summed E-state index contributed by atoms with van der Waals surface area (Å²) >= 11 is 7.40. The number of nitrogens with one attached hydrogen (secondary N) is 1. The molecule has 236 valence electrons. The van der Waals surface area contributed by atoms with Gasteiger partial charge < -0.3 is 15.0 Å². The average Bonchev–Trinajstić information content (AvgIpc) is 3.50. The molecule has 0 spiro atoms.